The molecule has 0 spiro atoms. The van der Waals surface area contributed by atoms with Crippen LogP contribution in [0.2, 0.25) is 0 Å². The van der Waals surface area contributed by atoms with Gasteiger partial charge in [0.15, 0.2) is 5.96 Å². The Bertz CT molecular complexity index is 863. The van der Waals surface area contributed by atoms with E-state index in [9.17, 15) is 9.59 Å². The van der Waals surface area contributed by atoms with Gasteiger partial charge in [-0.05, 0) is 27.7 Å². The molecule has 27 heavy (non-hydrogen) atoms. The molecule has 6 N–H and O–H groups in total. The maximum atomic E-state index is 12.2. The fourth-order valence-electron chi connectivity index (χ4n) is 1.86. The highest BCUT2D eigenvalue weighted by Crippen LogP contribution is 2.35. The fraction of sp³-hybridized carbons (Fsp3) is 0.400. The van der Waals surface area contributed by atoms with Crippen LogP contribution in [0.15, 0.2) is 10.4 Å². The zero-order valence-corrected chi connectivity index (χ0v) is 17.0. The number of aryl methyl sites for hydroxylation is 1. The van der Waals surface area contributed by atoms with E-state index in [-0.39, 0.29) is 12.5 Å². The van der Waals surface area contributed by atoms with Crippen LogP contribution in [0.25, 0.3) is 11.4 Å². The largest absolute Gasteiger partial charge is 0.444 e. The molecule has 0 atom stereocenters. The topological polar surface area (TPSA) is 158 Å². The van der Waals surface area contributed by atoms with Gasteiger partial charge in [-0.25, -0.2) is 14.8 Å². The highest BCUT2D eigenvalue weighted by atomic mass is 32.1. The van der Waals surface area contributed by atoms with Gasteiger partial charge in [0, 0.05) is 5.38 Å². The van der Waals surface area contributed by atoms with Gasteiger partial charge in [-0.1, -0.05) is 0 Å². The second-order valence-corrected chi connectivity index (χ2v) is 8.41. The normalized spacial score (nSPS) is 11.0. The lowest BCUT2D eigenvalue weighted by Crippen LogP contribution is -2.37. The van der Waals surface area contributed by atoms with Crippen LogP contribution in [0.5, 0.6) is 0 Å². The highest BCUT2D eigenvalue weighted by Gasteiger charge is 2.19. The number of nitrogens with zero attached hydrogens (tertiary/aromatic N) is 3. The van der Waals surface area contributed by atoms with Crippen molar-refractivity contribution in [1.29, 1.82) is 0 Å². The number of carbonyl (C=O) groups excluding carboxylic acids is 2. The van der Waals surface area contributed by atoms with Crippen LogP contribution < -0.4 is 22.1 Å². The number of thiazole rings is 2. The molecule has 10 nitrogen and oxygen atoms in total. The minimum absolute atomic E-state index is 0.0906. The van der Waals surface area contributed by atoms with Crippen molar-refractivity contribution < 1.29 is 14.3 Å². The van der Waals surface area contributed by atoms with Crippen molar-refractivity contribution in [2.75, 3.05) is 11.9 Å². The number of amides is 2. The van der Waals surface area contributed by atoms with E-state index in [0.717, 1.165) is 5.01 Å². The predicted octanol–water partition coefficient (Wildman–Crippen LogP) is 1.94. The second kappa shape index (κ2) is 8.31. The average Bonchev–Trinajstić information content (AvgIpc) is 3.09. The Labute approximate surface area is 164 Å². The molecule has 0 fully saturated rings. The van der Waals surface area contributed by atoms with Crippen molar-refractivity contribution in [3.8, 4) is 11.4 Å². The molecule has 2 amide bonds. The first-order valence-corrected chi connectivity index (χ1v) is 9.53. The van der Waals surface area contributed by atoms with Gasteiger partial charge in [0.25, 0.3) is 0 Å². The number of nitrogens with one attached hydrogen (secondary N) is 2. The molecule has 0 saturated carbocycles. The van der Waals surface area contributed by atoms with Crippen LogP contribution in [0.1, 0.15) is 25.8 Å². The van der Waals surface area contributed by atoms with Crippen molar-refractivity contribution >= 4 is 50.8 Å². The first-order valence-electron chi connectivity index (χ1n) is 7.83. The van der Waals surface area contributed by atoms with Gasteiger partial charge in [-0.15, -0.1) is 22.7 Å². The van der Waals surface area contributed by atoms with Crippen LogP contribution in [-0.2, 0) is 9.53 Å². The molecular formula is C15H21N7O3S2. The number of hydrogen-bond acceptors (Lipinski definition) is 8. The molecule has 0 aliphatic rings. The second-order valence-electron chi connectivity index (χ2n) is 6.37. The van der Waals surface area contributed by atoms with E-state index in [1.807, 2.05) is 6.92 Å². The van der Waals surface area contributed by atoms with Crippen LogP contribution in [-0.4, -0.2) is 40.1 Å². The lowest BCUT2D eigenvalue weighted by molar-refractivity contribution is -0.115. The summed E-state index contributed by atoms with van der Waals surface area (Å²) in [5.41, 5.74) is 11.1. The van der Waals surface area contributed by atoms with Gasteiger partial charge >= 0.3 is 6.09 Å². The number of rotatable bonds is 5. The molecule has 0 aromatic carbocycles. The zero-order chi connectivity index (χ0) is 20.2. The van der Waals surface area contributed by atoms with Crippen molar-refractivity contribution in [3.05, 3.63) is 10.4 Å². The Balaban J connectivity index is 2.05. The van der Waals surface area contributed by atoms with Crippen LogP contribution >= 0.6 is 22.7 Å². The SMILES string of the molecule is Cc1nc(-c2csc(N=C(N)N)n2)c(NC(=O)CNC(=O)OC(C)(C)C)s1. The highest BCUT2D eigenvalue weighted by molar-refractivity contribution is 7.16. The number of carbonyl (C=O) groups is 2. The summed E-state index contributed by atoms with van der Waals surface area (Å²) in [6.07, 6.45) is -0.667. The lowest BCUT2D eigenvalue weighted by atomic mass is 10.2. The van der Waals surface area contributed by atoms with E-state index in [1.54, 1.807) is 26.2 Å². The summed E-state index contributed by atoms with van der Waals surface area (Å²) in [7, 11) is 0. The summed E-state index contributed by atoms with van der Waals surface area (Å²) < 4.78 is 5.09. The summed E-state index contributed by atoms with van der Waals surface area (Å²) in [4.78, 5) is 36.4. The minimum atomic E-state index is -0.667. The molecule has 0 bridgehead atoms. The van der Waals surface area contributed by atoms with Crippen molar-refractivity contribution in [2.45, 2.75) is 33.3 Å². The number of aliphatic imine (C=N–C) groups is 1. The first kappa shape index (κ1) is 20.6. The summed E-state index contributed by atoms with van der Waals surface area (Å²) in [5, 5.41) is 8.52. The monoisotopic (exact) mass is 411 g/mol. The zero-order valence-electron chi connectivity index (χ0n) is 15.3. The molecule has 2 aromatic heterocycles. The molecule has 2 heterocycles. The van der Waals surface area contributed by atoms with Gasteiger partial charge < -0.3 is 26.8 Å². The van der Waals surface area contributed by atoms with Gasteiger partial charge in [-0.2, -0.15) is 4.99 Å². The maximum absolute atomic E-state index is 12.2. The van der Waals surface area contributed by atoms with Crippen LogP contribution in [0.4, 0.5) is 14.9 Å². The van der Waals surface area contributed by atoms with E-state index in [4.69, 9.17) is 16.2 Å². The Morgan fingerprint density at radius 1 is 1.30 bits per heavy atom. The molecule has 0 unspecified atom stereocenters. The summed E-state index contributed by atoms with van der Waals surface area (Å²) in [6, 6.07) is 0. The molecule has 146 valence electrons. The number of ether oxygens (including phenoxy) is 1. The fourth-order valence-corrected chi connectivity index (χ4v) is 3.39. The van der Waals surface area contributed by atoms with Gasteiger partial charge in [0.1, 0.15) is 28.5 Å². The predicted molar refractivity (Wildman–Crippen MR) is 106 cm³/mol. The minimum Gasteiger partial charge on any atom is -0.444 e. The maximum Gasteiger partial charge on any atom is 0.408 e. The number of alkyl carbamates (subject to hydrolysis) is 1. The molecule has 0 saturated heterocycles. The molecule has 2 rings (SSSR count). The number of aromatic nitrogens is 2. The summed E-state index contributed by atoms with van der Waals surface area (Å²) in [6.45, 7) is 6.80. The smallest absolute Gasteiger partial charge is 0.408 e. The van der Waals surface area contributed by atoms with Crippen LogP contribution in [0.3, 0.4) is 0 Å². The number of nitrogens with two attached hydrogens (primary N) is 2. The van der Waals surface area contributed by atoms with Crippen molar-refractivity contribution in [1.82, 2.24) is 15.3 Å². The number of guanidine groups is 1. The Kier molecular flexibility index (Phi) is 6.33. The standard InChI is InChI=1S/C15H21N7O3S2/c1-7-19-10(8-6-26-13(20-8)22-12(16)17)11(27-7)21-9(23)5-18-14(24)25-15(2,3)4/h6H,5H2,1-4H3,(H,18,24)(H,21,23)(H4,16,17,20,22). The number of anilines is 1. The Morgan fingerprint density at radius 2 is 2.00 bits per heavy atom. The number of hydrogen-bond donors (Lipinski definition) is 4. The summed E-state index contributed by atoms with van der Waals surface area (Å²) >= 11 is 2.55. The molecule has 2 aromatic rings. The van der Waals surface area contributed by atoms with E-state index < -0.39 is 17.6 Å². The third-order valence-corrected chi connectivity index (χ3v) is 4.36. The van der Waals surface area contributed by atoms with E-state index >= 15 is 0 Å². The first-order chi connectivity index (χ1) is 12.5. The molecule has 0 aliphatic heterocycles. The third-order valence-electron chi connectivity index (χ3n) is 2.74. The summed E-state index contributed by atoms with van der Waals surface area (Å²) in [5.74, 6) is -0.502. The van der Waals surface area contributed by atoms with E-state index in [0.29, 0.717) is 21.5 Å². The van der Waals surface area contributed by atoms with Crippen molar-refractivity contribution in [2.24, 2.45) is 16.5 Å². The third kappa shape index (κ3) is 6.49. The molecule has 0 aliphatic carbocycles. The van der Waals surface area contributed by atoms with Gasteiger partial charge in [0.2, 0.25) is 11.0 Å². The van der Waals surface area contributed by atoms with Gasteiger partial charge in [-0.3, -0.25) is 4.79 Å². The Hall–Kier alpha value is -2.73. The van der Waals surface area contributed by atoms with E-state index in [1.165, 1.54) is 22.7 Å². The van der Waals surface area contributed by atoms with Gasteiger partial charge in [0.05, 0.1) is 5.01 Å². The lowest BCUT2D eigenvalue weighted by Gasteiger charge is -2.19. The van der Waals surface area contributed by atoms with Crippen molar-refractivity contribution in [3.63, 3.8) is 0 Å². The van der Waals surface area contributed by atoms with E-state index in [2.05, 4.69) is 25.6 Å². The molecular weight excluding hydrogens is 390 g/mol. The average molecular weight is 412 g/mol. The molecule has 0 radical (unpaired) electrons. The quantitative estimate of drug-likeness (QED) is 0.432. The van der Waals surface area contributed by atoms with Crippen LogP contribution in [0, 0.1) is 6.92 Å². The molecule has 12 heteroatoms. The Morgan fingerprint density at radius 3 is 2.63 bits per heavy atom.